The lowest BCUT2D eigenvalue weighted by Gasteiger charge is -2.23. The average Bonchev–Trinajstić information content (AvgIpc) is 3.37. The number of carbonyl (C=O) groups excluding carboxylic acids is 1. The molecule has 9 heteroatoms. The average molecular weight is 502 g/mol. The van der Waals surface area contributed by atoms with Gasteiger partial charge in [0.2, 0.25) is 0 Å². The molecule has 3 nitrogen and oxygen atoms in total. The highest BCUT2D eigenvalue weighted by atomic mass is 19.4. The van der Waals surface area contributed by atoms with E-state index in [2.05, 4.69) is 4.98 Å². The van der Waals surface area contributed by atoms with Gasteiger partial charge >= 0.3 is 12.4 Å². The van der Waals surface area contributed by atoms with E-state index < -0.39 is 35.0 Å². The first-order valence-electron chi connectivity index (χ1n) is 10.9. The van der Waals surface area contributed by atoms with Crippen LogP contribution in [-0.4, -0.2) is 17.9 Å². The fraction of sp³-hybridized carbons (Fsp3) is 0.185. The van der Waals surface area contributed by atoms with Crippen molar-refractivity contribution in [1.82, 2.24) is 4.98 Å². The number of benzene rings is 2. The lowest BCUT2D eigenvalue weighted by molar-refractivity contribution is -0.143. The van der Waals surface area contributed by atoms with Gasteiger partial charge in [0.05, 0.1) is 28.7 Å². The Bertz CT molecular complexity index is 1350. The Balaban J connectivity index is 1.83. The predicted molar refractivity (Wildman–Crippen MR) is 125 cm³/mol. The van der Waals surface area contributed by atoms with Crippen molar-refractivity contribution in [1.29, 1.82) is 0 Å². The van der Waals surface area contributed by atoms with Crippen molar-refractivity contribution in [2.75, 3.05) is 11.9 Å². The summed E-state index contributed by atoms with van der Waals surface area (Å²) in [4.78, 5) is 18.7. The minimum absolute atomic E-state index is 0.00471. The van der Waals surface area contributed by atoms with Crippen molar-refractivity contribution in [3.05, 3.63) is 101 Å². The largest absolute Gasteiger partial charge is 0.416 e. The van der Waals surface area contributed by atoms with Crippen LogP contribution in [0.5, 0.6) is 0 Å². The van der Waals surface area contributed by atoms with E-state index in [1.165, 1.54) is 13.2 Å². The van der Waals surface area contributed by atoms with Crippen LogP contribution in [0.4, 0.5) is 32.0 Å². The third kappa shape index (κ3) is 5.05. The number of aryl methyl sites for hydroxylation is 1. The molecule has 0 bridgehead atoms. The van der Waals surface area contributed by atoms with Gasteiger partial charge in [0.1, 0.15) is 0 Å². The minimum Gasteiger partial charge on any atom is -0.309 e. The molecule has 0 radical (unpaired) electrons. The van der Waals surface area contributed by atoms with Crippen LogP contribution in [0.1, 0.15) is 39.2 Å². The summed E-state index contributed by atoms with van der Waals surface area (Å²) in [6.45, 7) is 1.86. The van der Waals surface area contributed by atoms with Crippen molar-refractivity contribution in [2.24, 2.45) is 0 Å². The second-order valence-corrected chi connectivity index (χ2v) is 8.38. The molecule has 4 rings (SSSR count). The normalized spacial score (nSPS) is 13.6. The Morgan fingerprint density at radius 2 is 1.56 bits per heavy atom. The Labute approximate surface area is 203 Å². The summed E-state index contributed by atoms with van der Waals surface area (Å²) >= 11 is 0. The van der Waals surface area contributed by atoms with Gasteiger partial charge in [-0.3, -0.25) is 9.78 Å². The second kappa shape index (κ2) is 9.29. The van der Waals surface area contributed by atoms with Gasteiger partial charge in [0.15, 0.2) is 0 Å². The van der Waals surface area contributed by atoms with Crippen LogP contribution in [0.2, 0.25) is 0 Å². The molecule has 0 saturated carbocycles. The monoisotopic (exact) mass is 502 g/mol. The highest BCUT2D eigenvalue weighted by molar-refractivity contribution is 6.08. The van der Waals surface area contributed by atoms with Crippen LogP contribution in [0.3, 0.4) is 0 Å². The van der Waals surface area contributed by atoms with E-state index in [1.54, 1.807) is 12.1 Å². The van der Waals surface area contributed by atoms with Gasteiger partial charge in [-0.05, 0) is 54.3 Å². The van der Waals surface area contributed by atoms with Gasteiger partial charge < -0.3 is 4.90 Å². The molecule has 1 amide bonds. The second-order valence-electron chi connectivity index (χ2n) is 8.38. The molecule has 2 aromatic carbocycles. The highest BCUT2D eigenvalue weighted by Gasteiger charge is 2.38. The third-order valence-electron chi connectivity index (χ3n) is 5.92. The van der Waals surface area contributed by atoms with E-state index in [-0.39, 0.29) is 11.8 Å². The number of pyridine rings is 1. The molecule has 0 atom stereocenters. The Morgan fingerprint density at radius 1 is 0.917 bits per heavy atom. The zero-order valence-electron chi connectivity index (χ0n) is 19.2. The molecule has 186 valence electrons. The number of nitrogens with zero attached hydrogens (tertiary/aromatic N) is 2. The first-order chi connectivity index (χ1) is 16.9. The molecule has 0 spiro atoms. The van der Waals surface area contributed by atoms with E-state index in [0.717, 1.165) is 21.6 Å². The maximum Gasteiger partial charge on any atom is 0.416 e. The zero-order valence-corrected chi connectivity index (χ0v) is 19.2. The number of rotatable bonds is 4. The van der Waals surface area contributed by atoms with E-state index in [1.807, 2.05) is 43.4 Å². The smallest absolute Gasteiger partial charge is 0.309 e. The molecule has 0 aliphatic heterocycles. The van der Waals surface area contributed by atoms with Crippen LogP contribution in [0.15, 0.2) is 73.0 Å². The highest BCUT2D eigenvalue weighted by Crippen LogP contribution is 2.38. The first kappa shape index (κ1) is 25.2. The van der Waals surface area contributed by atoms with Gasteiger partial charge in [-0.15, -0.1) is 0 Å². The SMILES string of the molecule is Cc1ccccc1-c1cc(C2=CC=CC2)ncc1N(C)C(=O)c1cc(C(F)(F)F)cc(C(F)(F)F)c1. The number of halogens is 6. The molecule has 0 N–H and O–H groups in total. The van der Waals surface area contributed by atoms with Crippen LogP contribution >= 0.6 is 0 Å². The van der Waals surface area contributed by atoms with Crippen LogP contribution in [0, 0.1) is 6.92 Å². The molecule has 0 fully saturated rings. The summed E-state index contributed by atoms with van der Waals surface area (Å²) in [6.07, 6.45) is -2.30. The molecule has 0 saturated heterocycles. The standard InChI is InChI=1S/C27H20F6N2O/c1-16-7-3-6-10-21(16)22-14-23(17-8-4-5-9-17)34-15-24(22)35(2)25(36)18-11-19(26(28,29)30)13-20(12-18)27(31,32)33/h3-8,10-15H,9H2,1-2H3. The number of hydrogen-bond donors (Lipinski definition) is 0. The van der Waals surface area contributed by atoms with Crippen molar-refractivity contribution in [3.63, 3.8) is 0 Å². The summed E-state index contributed by atoms with van der Waals surface area (Å²) in [5, 5.41) is 0. The molecule has 1 aromatic heterocycles. The van der Waals surface area contributed by atoms with Gasteiger partial charge in [-0.2, -0.15) is 26.3 Å². The van der Waals surface area contributed by atoms with E-state index in [9.17, 15) is 31.1 Å². The third-order valence-corrected chi connectivity index (χ3v) is 5.92. The number of hydrogen-bond acceptors (Lipinski definition) is 2. The van der Waals surface area contributed by atoms with Gasteiger partial charge in [0, 0.05) is 18.2 Å². The molecular formula is C27H20F6N2O. The Hall–Kier alpha value is -3.88. The van der Waals surface area contributed by atoms with Gasteiger partial charge in [-0.25, -0.2) is 0 Å². The molecule has 3 aromatic rings. The topological polar surface area (TPSA) is 33.2 Å². The Kier molecular flexibility index (Phi) is 6.51. The summed E-state index contributed by atoms with van der Waals surface area (Å²) in [5.74, 6) is -1.03. The van der Waals surface area contributed by atoms with E-state index in [0.29, 0.717) is 29.8 Å². The van der Waals surface area contributed by atoms with Crippen molar-refractivity contribution < 1.29 is 31.1 Å². The number of anilines is 1. The quantitative estimate of drug-likeness (QED) is 0.342. The molecule has 1 heterocycles. The first-order valence-corrected chi connectivity index (χ1v) is 10.9. The van der Waals surface area contributed by atoms with Crippen molar-refractivity contribution in [2.45, 2.75) is 25.7 Å². The molecule has 36 heavy (non-hydrogen) atoms. The summed E-state index contributed by atoms with van der Waals surface area (Å²) in [5.41, 5.74) is 0.197. The summed E-state index contributed by atoms with van der Waals surface area (Å²) in [7, 11) is 1.30. The molecule has 1 aliphatic rings. The number of carbonyl (C=O) groups is 1. The van der Waals surface area contributed by atoms with Gasteiger partial charge in [-0.1, -0.05) is 42.5 Å². The number of alkyl halides is 6. The molecular weight excluding hydrogens is 482 g/mol. The van der Waals surface area contributed by atoms with Crippen LogP contribution in [-0.2, 0) is 12.4 Å². The van der Waals surface area contributed by atoms with Crippen LogP contribution < -0.4 is 4.90 Å². The maximum absolute atomic E-state index is 13.3. The lowest BCUT2D eigenvalue weighted by atomic mass is 9.97. The Morgan fingerprint density at radius 3 is 2.11 bits per heavy atom. The van der Waals surface area contributed by atoms with Crippen LogP contribution in [0.25, 0.3) is 16.7 Å². The summed E-state index contributed by atoms with van der Waals surface area (Å²) in [6, 6.07) is 9.94. The zero-order chi connectivity index (χ0) is 26.3. The predicted octanol–water partition coefficient (Wildman–Crippen LogP) is 7.71. The molecule has 1 aliphatic carbocycles. The van der Waals surface area contributed by atoms with E-state index in [4.69, 9.17) is 0 Å². The fourth-order valence-corrected chi connectivity index (χ4v) is 4.00. The maximum atomic E-state index is 13.3. The van der Waals surface area contributed by atoms with E-state index >= 15 is 0 Å². The number of amides is 1. The van der Waals surface area contributed by atoms with Crippen molar-refractivity contribution >= 4 is 17.2 Å². The summed E-state index contributed by atoms with van der Waals surface area (Å²) < 4.78 is 80.0. The fourth-order valence-electron chi connectivity index (χ4n) is 4.00. The van der Waals surface area contributed by atoms with Crippen molar-refractivity contribution in [3.8, 4) is 11.1 Å². The molecule has 0 unspecified atom stereocenters. The van der Waals surface area contributed by atoms with Gasteiger partial charge in [0.25, 0.3) is 5.91 Å². The number of allylic oxidation sites excluding steroid dienone is 4. The minimum atomic E-state index is -5.06. The lowest BCUT2D eigenvalue weighted by Crippen LogP contribution is -2.28. The number of aromatic nitrogens is 1.